The minimum Gasteiger partial charge on any atom is -0.383 e. The fourth-order valence-corrected chi connectivity index (χ4v) is 4.02. The molecule has 196 valence electrons. The van der Waals surface area contributed by atoms with E-state index in [0.717, 1.165) is 23.4 Å². The summed E-state index contributed by atoms with van der Waals surface area (Å²) in [6.45, 7) is 8.11. The Morgan fingerprint density at radius 3 is 2.17 bits per heavy atom. The number of nitrogens with zero attached hydrogens (tertiary/aromatic N) is 1. The summed E-state index contributed by atoms with van der Waals surface area (Å²) in [5, 5.41) is 6.36. The largest absolute Gasteiger partial charge is 0.416 e. The van der Waals surface area contributed by atoms with Crippen LogP contribution in [0.4, 0.5) is 18.9 Å². The van der Waals surface area contributed by atoms with E-state index in [1.54, 1.807) is 4.90 Å². The number of hydrogen-bond acceptors (Lipinski definition) is 4. The number of nitrogens with one attached hydrogen (secondary N) is 2. The van der Waals surface area contributed by atoms with Gasteiger partial charge in [0.1, 0.15) is 0 Å². The molecule has 0 bridgehead atoms. The second kappa shape index (κ2) is 12.3. The number of alkyl halides is 3. The standard InChI is InChI=1S/C27H34F3N3O3/c1-18(2)24(17-31-22-10-4-19(3)5-11-22)32-26(35)23(16-25(34)33-12-14-36-15-13-33)20-6-8-21(9-7-20)27(28,29)30/h4-11,18,23-24,31H,12-17H2,1-3H3,(H,32,35)/t23-,24-/m1/s1. The van der Waals surface area contributed by atoms with Crippen molar-refractivity contribution in [1.82, 2.24) is 10.2 Å². The molecular formula is C27H34F3N3O3. The number of rotatable bonds is 9. The highest BCUT2D eigenvalue weighted by atomic mass is 19.4. The zero-order valence-corrected chi connectivity index (χ0v) is 20.9. The molecule has 2 aromatic rings. The van der Waals surface area contributed by atoms with E-state index in [4.69, 9.17) is 4.74 Å². The lowest BCUT2D eigenvalue weighted by molar-refractivity contribution is -0.138. The number of anilines is 1. The highest BCUT2D eigenvalue weighted by Crippen LogP contribution is 2.31. The molecule has 1 aliphatic heterocycles. The van der Waals surface area contributed by atoms with Crippen LogP contribution in [0.15, 0.2) is 48.5 Å². The van der Waals surface area contributed by atoms with Gasteiger partial charge in [0.2, 0.25) is 11.8 Å². The Bertz CT molecular complexity index is 1000. The van der Waals surface area contributed by atoms with Crippen LogP contribution in [0.1, 0.15) is 42.9 Å². The van der Waals surface area contributed by atoms with Crippen LogP contribution in [0.2, 0.25) is 0 Å². The number of carbonyl (C=O) groups is 2. The molecule has 0 radical (unpaired) electrons. The van der Waals surface area contributed by atoms with Crippen molar-refractivity contribution in [1.29, 1.82) is 0 Å². The van der Waals surface area contributed by atoms with Crippen molar-refractivity contribution in [3.8, 4) is 0 Å². The molecule has 0 saturated carbocycles. The van der Waals surface area contributed by atoms with E-state index in [2.05, 4.69) is 10.6 Å². The fraction of sp³-hybridized carbons (Fsp3) is 0.481. The van der Waals surface area contributed by atoms with Gasteiger partial charge in [-0.3, -0.25) is 9.59 Å². The number of hydrogen-bond donors (Lipinski definition) is 2. The van der Waals surface area contributed by atoms with E-state index >= 15 is 0 Å². The third-order valence-corrected chi connectivity index (χ3v) is 6.41. The molecule has 0 aliphatic carbocycles. The summed E-state index contributed by atoms with van der Waals surface area (Å²) >= 11 is 0. The lowest BCUT2D eigenvalue weighted by Gasteiger charge is -2.30. The summed E-state index contributed by atoms with van der Waals surface area (Å²) in [6.07, 6.45) is -4.61. The van der Waals surface area contributed by atoms with Crippen molar-refractivity contribution in [2.45, 2.75) is 45.3 Å². The van der Waals surface area contributed by atoms with Gasteiger partial charge in [0.25, 0.3) is 0 Å². The van der Waals surface area contributed by atoms with Gasteiger partial charge in [0.15, 0.2) is 0 Å². The molecular weight excluding hydrogens is 471 g/mol. The molecule has 1 aliphatic rings. The minimum absolute atomic E-state index is 0.0788. The number of ether oxygens (including phenoxy) is 1. The molecule has 2 aromatic carbocycles. The molecule has 0 spiro atoms. The predicted octanol–water partition coefficient (Wildman–Crippen LogP) is 4.60. The van der Waals surface area contributed by atoms with E-state index in [1.165, 1.54) is 12.1 Å². The average Bonchev–Trinajstić information content (AvgIpc) is 2.85. The molecule has 36 heavy (non-hydrogen) atoms. The maximum absolute atomic E-state index is 13.5. The van der Waals surface area contributed by atoms with Crippen molar-refractivity contribution in [2.24, 2.45) is 5.92 Å². The summed E-state index contributed by atoms with van der Waals surface area (Å²) in [5.74, 6) is -1.45. The van der Waals surface area contributed by atoms with Gasteiger partial charge in [-0.1, -0.05) is 43.7 Å². The Hall–Kier alpha value is -3.07. The van der Waals surface area contributed by atoms with Crippen molar-refractivity contribution >= 4 is 17.5 Å². The molecule has 3 rings (SSSR count). The van der Waals surface area contributed by atoms with Gasteiger partial charge >= 0.3 is 6.18 Å². The first-order valence-electron chi connectivity index (χ1n) is 12.2. The summed E-state index contributed by atoms with van der Waals surface area (Å²) < 4.78 is 44.5. The zero-order chi connectivity index (χ0) is 26.3. The second-order valence-electron chi connectivity index (χ2n) is 9.48. The first kappa shape index (κ1) is 27.5. The summed E-state index contributed by atoms with van der Waals surface area (Å²) in [5.41, 5.74) is 1.63. The predicted molar refractivity (Wildman–Crippen MR) is 133 cm³/mol. The smallest absolute Gasteiger partial charge is 0.383 e. The van der Waals surface area contributed by atoms with Crippen LogP contribution in [-0.2, 0) is 20.5 Å². The Balaban J connectivity index is 1.77. The maximum Gasteiger partial charge on any atom is 0.416 e. The molecule has 2 atom stereocenters. The molecule has 2 N–H and O–H groups in total. The average molecular weight is 506 g/mol. The normalized spacial score (nSPS) is 15.9. The number of aryl methyl sites for hydroxylation is 1. The topological polar surface area (TPSA) is 70.7 Å². The third-order valence-electron chi connectivity index (χ3n) is 6.41. The maximum atomic E-state index is 13.5. The molecule has 6 nitrogen and oxygen atoms in total. The van der Waals surface area contributed by atoms with Crippen LogP contribution >= 0.6 is 0 Å². The molecule has 9 heteroatoms. The number of morpholine rings is 1. The lowest BCUT2D eigenvalue weighted by Crippen LogP contribution is -2.47. The number of benzene rings is 2. The van der Waals surface area contributed by atoms with E-state index in [1.807, 2.05) is 45.0 Å². The van der Waals surface area contributed by atoms with Crippen LogP contribution in [0.5, 0.6) is 0 Å². The SMILES string of the molecule is Cc1ccc(NC[C@@H](NC(=O)[C@H](CC(=O)N2CCOCC2)c2ccc(C(F)(F)F)cc2)C(C)C)cc1. The summed E-state index contributed by atoms with van der Waals surface area (Å²) in [4.78, 5) is 28.1. The Kier molecular flexibility index (Phi) is 9.37. The molecule has 1 heterocycles. The zero-order valence-electron chi connectivity index (χ0n) is 20.9. The van der Waals surface area contributed by atoms with Gasteiger partial charge in [0.05, 0.1) is 24.7 Å². The van der Waals surface area contributed by atoms with E-state index in [9.17, 15) is 22.8 Å². The van der Waals surface area contributed by atoms with Crippen LogP contribution in [0.25, 0.3) is 0 Å². The van der Waals surface area contributed by atoms with E-state index in [0.29, 0.717) is 38.4 Å². The molecule has 1 fully saturated rings. The Morgan fingerprint density at radius 2 is 1.61 bits per heavy atom. The van der Waals surface area contributed by atoms with Crippen LogP contribution in [0, 0.1) is 12.8 Å². The number of halogens is 3. The van der Waals surface area contributed by atoms with Crippen LogP contribution < -0.4 is 10.6 Å². The van der Waals surface area contributed by atoms with Crippen molar-refractivity contribution in [3.05, 3.63) is 65.2 Å². The first-order valence-corrected chi connectivity index (χ1v) is 12.2. The van der Waals surface area contributed by atoms with E-state index in [-0.39, 0.29) is 30.2 Å². The van der Waals surface area contributed by atoms with Crippen molar-refractivity contribution in [3.63, 3.8) is 0 Å². The third kappa shape index (κ3) is 7.71. The summed E-state index contributed by atoms with van der Waals surface area (Å²) in [7, 11) is 0. The summed E-state index contributed by atoms with van der Waals surface area (Å²) in [6, 6.07) is 12.1. The number of carbonyl (C=O) groups excluding carboxylic acids is 2. The van der Waals surface area contributed by atoms with Crippen LogP contribution in [0.3, 0.4) is 0 Å². The Labute approximate surface area is 210 Å². The highest BCUT2D eigenvalue weighted by Gasteiger charge is 2.32. The van der Waals surface area contributed by atoms with Gasteiger partial charge in [-0.2, -0.15) is 13.2 Å². The minimum atomic E-state index is -4.48. The molecule has 0 unspecified atom stereocenters. The first-order chi connectivity index (χ1) is 17.0. The van der Waals surface area contributed by atoms with Crippen molar-refractivity contribution in [2.75, 3.05) is 38.2 Å². The fourth-order valence-electron chi connectivity index (χ4n) is 4.02. The second-order valence-corrected chi connectivity index (χ2v) is 9.48. The highest BCUT2D eigenvalue weighted by molar-refractivity contribution is 5.90. The number of amides is 2. The molecule has 0 aromatic heterocycles. The Morgan fingerprint density at radius 1 is 1.00 bits per heavy atom. The van der Waals surface area contributed by atoms with Gasteiger partial charge in [-0.05, 0) is 42.7 Å². The van der Waals surface area contributed by atoms with Gasteiger partial charge in [-0.15, -0.1) is 0 Å². The van der Waals surface area contributed by atoms with Gasteiger partial charge < -0.3 is 20.3 Å². The van der Waals surface area contributed by atoms with Crippen LogP contribution in [-0.4, -0.2) is 55.6 Å². The van der Waals surface area contributed by atoms with Crippen molar-refractivity contribution < 1.29 is 27.5 Å². The quantitative estimate of drug-likeness (QED) is 0.523. The van der Waals surface area contributed by atoms with E-state index < -0.39 is 17.7 Å². The molecule has 2 amide bonds. The molecule has 1 saturated heterocycles. The van der Waals surface area contributed by atoms with Gasteiger partial charge in [0, 0.05) is 37.8 Å². The lowest BCUT2D eigenvalue weighted by atomic mass is 9.92. The van der Waals surface area contributed by atoms with Gasteiger partial charge in [-0.25, -0.2) is 0 Å². The monoisotopic (exact) mass is 505 g/mol.